The lowest BCUT2D eigenvalue weighted by Crippen LogP contribution is -2.60. The normalized spacial score (nSPS) is 22.5. The summed E-state index contributed by atoms with van der Waals surface area (Å²) in [5.41, 5.74) is 2.04. The summed E-state index contributed by atoms with van der Waals surface area (Å²) in [7, 11) is 0. The van der Waals surface area contributed by atoms with Crippen LogP contribution < -0.4 is 4.90 Å². The lowest BCUT2D eigenvalue weighted by molar-refractivity contribution is -0.159. The van der Waals surface area contributed by atoms with Crippen molar-refractivity contribution in [3.05, 3.63) is 86.9 Å². The van der Waals surface area contributed by atoms with Gasteiger partial charge in [0.05, 0.1) is 35.5 Å². The van der Waals surface area contributed by atoms with Gasteiger partial charge in [0.15, 0.2) is 10.6 Å². The Kier molecular flexibility index (Phi) is 5.53. The van der Waals surface area contributed by atoms with Crippen LogP contribution >= 0.6 is 35.1 Å². The second kappa shape index (κ2) is 8.31. The molecule has 3 aromatic rings. The Labute approximate surface area is 217 Å². The maximum absolute atomic E-state index is 14.4. The smallest absolute Gasteiger partial charge is 0.362 e. The molecule has 0 radical (unpaired) electrons. The summed E-state index contributed by atoms with van der Waals surface area (Å²) in [6, 6.07) is 9.20. The molecule has 2 aromatic carbocycles. The Balaban J connectivity index is 1.27. The van der Waals surface area contributed by atoms with Gasteiger partial charge in [0.2, 0.25) is 5.95 Å². The van der Waals surface area contributed by atoms with Gasteiger partial charge in [-0.3, -0.25) is 0 Å². The molecule has 36 heavy (non-hydrogen) atoms. The summed E-state index contributed by atoms with van der Waals surface area (Å²) < 4.78 is 65.0. The zero-order chi connectivity index (χ0) is 25.3. The molecule has 4 heterocycles. The molecule has 6 rings (SSSR count). The number of alkyl halides is 3. The van der Waals surface area contributed by atoms with Crippen LogP contribution in [-0.2, 0) is 21.7 Å². The fourth-order valence-corrected chi connectivity index (χ4v) is 6.36. The summed E-state index contributed by atoms with van der Waals surface area (Å²) in [6.07, 6.45) is -1.77. The molecule has 1 atom stereocenters. The van der Waals surface area contributed by atoms with E-state index >= 15 is 0 Å². The molecule has 1 aromatic heterocycles. The van der Waals surface area contributed by atoms with E-state index in [1.807, 2.05) is 17.0 Å². The molecule has 1 unspecified atom stereocenters. The van der Waals surface area contributed by atoms with Crippen LogP contribution in [0, 0.1) is 5.82 Å². The fourth-order valence-electron chi connectivity index (χ4n) is 4.91. The van der Waals surface area contributed by atoms with Gasteiger partial charge in [0.25, 0.3) is 0 Å². The van der Waals surface area contributed by atoms with Crippen LogP contribution in [-0.4, -0.2) is 34.9 Å². The van der Waals surface area contributed by atoms with E-state index < -0.39 is 38.8 Å². The van der Waals surface area contributed by atoms with Crippen molar-refractivity contribution in [3.63, 3.8) is 0 Å². The van der Waals surface area contributed by atoms with E-state index in [0.29, 0.717) is 43.2 Å². The van der Waals surface area contributed by atoms with E-state index in [1.165, 1.54) is 0 Å². The molecule has 3 aliphatic heterocycles. The molecule has 0 bridgehead atoms. The van der Waals surface area contributed by atoms with Crippen LogP contribution in [0.3, 0.4) is 0 Å². The standard InChI is InChI=1S/C24H16Cl2F4N4OS/c25-17-7-15(8-18(26)20(17)27)23(24(28,29)30)9-19(33-36-23)13-2-3-16-14(6-13)10-35-22(16)11-34(12-22)21-31-4-1-5-32-21/h1-8H,9-12H2. The highest BCUT2D eigenvalue weighted by molar-refractivity contribution is 7.99. The van der Waals surface area contributed by atoms with Crippen LogP contribution in [0.1, 0.15) is 28.7 Å². The number of fused-ring (bicyclic) bond motifs is 2. The Morgan fingerprint density at radius 2 is 1.72 bits per heavy atom. The molecule has 1 fully saturated rings. The molecular formula is C24H16Cl2F4N4OS. The van der Waals surface area contributed by atoms with Gasteiger partial charge in [-0.2, -0.15) is 13.2 Å². The average molecular weight is 555 g/mol. The highest BCUT2D eigenvalue weighted by Crippen LogP contribution is 2.57. The first-order valence-electron chi connectivity index (χ1n) is 10.9. The quantitative estimate of drug-likeness (QED) is 0.211. The molecular weight excluding hydrogens is 539 g/mol. The van der Waals surface area contributed by atoms with Gasteiger partial charge in [0.1, 0.15) is 5.60 Å². The number of halogens is 6. The number of hydrogen-bond donors (Lipinski definition) is 0. The predicted molar refractivity (Wildman–Crippen MR) is 130 cm³/mol. The van der Waals surface area contributed by atoms with Crippen molar-refractivity contribution in [2.45, 2.75) is 29.6 Å². The zero-order valence-electron chi connectivity index (χ0n) is 18.3. The summed E-state index contributed by atoms with van der Waals surface area (Å²) in [4.78, 5) is 10.5. The van der Waals surface area contributed by atoms with E-state index in [0.717, 1.165) is 23.3 Å². The first-order valence-corrected chi connectivity index (χ1v) is 12.4. The number of ether oxygens (including phenoxy) is 1. The van der Waals surface area contributed by atoms with Crippen molar-refractivity contribution >= 4 is 46.8 Å². The maximum Gasteiger partial charge on any atom is 0.409 e. The van der Waals surface area contributed by atoms with Gasteiger partial charge < -0.3 is 9.64 Å². The van der Waals surface area contributed by atoms with Crippen LogP contribution in [0.5, 0.6) is 0 Å². The largest absolute Gasteiger partial charge is 0.409 e. The third-order valence-corrected chi connectivity index (χ3v) is 8.58. The first-order chi connectivity index (χ1) is 17.1. The minimum Gasteiger partial charge on any atom is -0.362 e. The molecule has 12 heteroatoms. The van der Waals surface area contributed by atoms with Crippen molar-refractivity contribution in [1.29, 1.82) is 0 Å². The van der Waals surface area contributed by atoms with Crippen LogP contribution in [0.2, 0.25) is 10.0 Å². The van der Waals surface area contributed by atoms with Gasteiger partial charge in [0, 0.05) is 18.8 Å². The number of benzene rings is 2. The third kappa shape index (κ3) is 3.60. The molecule has 0 aliphatic carbocycles. The molecule has 0 N–H and O–H groups in total. The summed E-state index contributed by atoms with van der Waals surface area (Å²) >= 11 is 12.0. The van der Waals surface area contributed by atoms with Crippen LogP contribution in [0.4, 0.5) is 23.5 Å². The molecule has 3 aliphatic rings. The Morgan fingerprint density at radius 1 is 1.03 bits per heavy atom. The molecule has 1 spiro atoms. The Bertz CT molecular complexity index is 1380. The highest BCUT2D eigenvalue weighted by atomic mass is 35.5. The second-order valence-electron chi connectivity index (χ2n) is 8.94. The van der Waals surface area contributed by atoms with Gasteiger partial charge in [-0.1, -0.05) is 35.3 Å². The second-order valence-corrected chi connectivity index (χ2v) is 10.8. The van der Waals surface area contributed by atoms with E-state index in [4.69, 9.17) is 27.9 Å². The molecule has 0 saturated carbocycles. The van der Waals surface area contributed by atoms with Crippen molar-refractivity contribution in [3.8, 4) is 0 Å². The van der Waals surface area contributed by atoms with Gasteiger partial charge in [-0.15, -0.1) is 0 Å². The highest BCUT2D eigenvalue weighted by Gasteiger charge is 2.60. The summed E-state index contributed by atoms with van der Waals surface area (Å²) in [5, 5.41) is -0.934. The minimum absolute atomic E-state index is 0.240. The number of nitrogens with zero attached hydrogens (tertiary/aromatic N) is 4. The van der Waals surface area contributed by atoms with Gasteiger partial charge in [-0.05, 0) is 58.5 Å². The van der Waals surface area contributed by atoms with Crippen LogP contribution in [0.25, 0.3) is 0 Å². The third-order valence-electron chi connectivity index (χ3n) is 6.80. The lowest BCUT2D eigenvalue weighted by Gasteiger charge is -2.47. The monoisotopic (exact) mass is 554 g/mol. The van der Waals surface area contributed by atoms with Crippen molar-refractivity contribution in [2.24, 2.45) is 4.40 Å². The maximum atomic E-state index is 14.4. The molecule has 186 valence electrons. The Hall–Kier alpha value is -2.40. The molecule has 1 saturated heterocycles. The van der Waals surface area contributed by atoms with Crippen LogP contribution in [0.15, 0.2) is 53.2 Å². The summed E-state index contributed by atoms with van der Waals surface area (Å²) in [5.74, 6) is -0.330. The van der Waals surface area contributed by atoms with E-state index in [-0.39, 0.29) is 11.3 Å². The van der Waals surface area contributed by atoms with E-state index in [2.05, 4.69) is 14.4 Å². The number of aromatic nitrogens is 2. The fraction of sp³-hybridized carbons (Fsp3) is 0.292. The van der Waals surface area contributed by atoms with Crippen molar-refractivity contribution < 1.29 is 22.3 Å². The Morgan fingerprint density at radius 3 is 2.39 bits per heavy atom. The van der Waals surface area contributed by atoms with E-state index in [1.54, 1.807) is 24.5 Å². The predicted octanol–water partition coefficient (Wildman–Crippen LogP) is 6.47. The molecule has 5 nitrogen and oxygen atoms in total. The number of hydrogen-bond acceptors (Lipinski definition) is 6. The van der Waals surface area contributed by atoms with Crippen molar-refractivity contribution in [2.75, 3.05) is 18.0 Å². The van der Waals surface area contributed by atoms with Gasteiger partial charge in [-0.25, -0.2) is 18.8 Å². The topological polar surface area (TPSA) is 50.6 Å². The molecule has 0 amide bonds. The first kappa shape index (κ1) is 24.0. The zero-order valence-corrected chi connectivity index (χ0v) is 20.6. The number of rotatable bonds is 3. The van der Waals surface area contributed by atoms with Crippen molar-refractivity contribution in [1.82, 2.24) is 9.97 Å². The van der Waals surface area contributed by atoms with E-state index in [9.17, 15) is 17.6 Å². The lowest BCUT2D eigenvalue weighted by atomic mass is 9.83. The van der Waals surface area contributed by atoms with Gasteiger partial charge >= 0.3 is 6.18 Å². The average Bonchev–Trinajstić information content (AvgIpc) is 3.45. The minimum atomic E-state index is -4.69. The summed E-state index contributed by atoms with van der Waals surface area (Å²) in [6.45, 7) is 1.52. The SMILES string of the molecule is Fc1c(Cl)cc(C2(C(F)(F)F)CC(c3ccc4c(c3)COC43CN(c4ncccn4)C3)=NS2)cc1Cl. The number of anilines is 1.